The second-order valence-corrected chi connectivity index (χ2v) is 12.4. The molecule has 188 valence electrons. The number of halogens is 2. The Balaban J connectivity index is 1.98. The van der Waals surface area contributed by atoms with Gasteiger partial charge in [0.1, 0.15) is 16.6 Å². The van der Waals surface area contributed by atoms with Gasteiger partial charge in [-0.15, -0.1) is 0 Å². The van der Waals surface area contributed by atoms with Gasteiger partial charge < -0.3 is 24.7 Å². The van der Waals surface area contributed by atoms with E-state index in [0.717, 1.165) is 15.6 Å². The highest BCUT2D eigenvalue weighted by atomic mass is 35.5. The molecule has 0 aliphatic rings. The number of rotatable bonds is 10. The van der Waals surface area contributed by atoms with Crippen molar-refractivity contribution in [2.45, 2.75) is 42.8 Å². The third-order valence-electron chi connectivity index (χ3n) is 4.55. The van der Waals surface area contributed by atoms with Crippen LogP contribution < -0.4 is 10.5 Å². The van der Waals surface area contributed by atoms with Gasteiger partial charge in [0.25, 0.3) is 0 Å². The number of aromatic nitrogens is 3. The molecule has 0 saturated heterocycles. The summed E-state index contributed by atoms with van der Waals surface area (Å²) >= 11 is 13.8. The summed E-state index contributed by atoms with van der Waals surface area (Å²) in [5, 5.41) is 1.83. The molecule has 0 saturated carbocycles. The van der Waals surface area contributed by atoms with Crippen molar-refractivity contribution in [2.24, 2.45) is 5.73 Å². The van der Waals surface area contributed by atoms with E-state index in [2.05, 4.69) is 4.98 Å². The molecule has 9 nitrogen and oxygen atoms in total. The fourth-order valence-electron chi connectivity index (χ4n) is 3.04. The summed E-state index contributed by atoms with van der Waals surface area (Å²) in [4.78, 5) is 30.6. The highest BCUT2D eigenvalue weighted by molar-refractivity contribution is 7.99. The number of nitrogens with zero attached hydrogens (tertiary/aromatic N) is 3. The first-order chi connectivity index (χ1) is 16.4. The maximum atomic E-state index is 11.5. The molecule has 3 rings (SSSR count). The van der Waals surface area contributed by atoms with E-state index in [1.54, 1.807) is 30.3 Å². The van der Waals surface area contributed by atoms with E-state index in [1.807, 2.05) is 18.4 Å². The number of ether oxygens (including phenoxy) is 2. The van der Waals surface area contributed by atoms with Crippen LogP contribution in [-0.2, 0) is 22.5 Å². The number of hydrogen-bond acceptors (Lipinski definition) is 7. The van der Waals surface area contributed by atoms with Crippen LogP contribution >= 0.6 is 42.3 Å². The fraction of sp³-hybridized carbons (Fsp3) is 0.318. The number of imidazole rings is 1. The number of benzene rings is 1. The van der Waals surface area contributed by atoms with Crippen LogP contribution in [0.5, 0.6) is 5.75 Å². The van der Waals surface area contributed by atoms with Gasteiger partial charge in [-0.3, -0.25) is 9.55 Å². The average Bonchev–Trinajstić information content (AvgIpc) is 3.08. The van der Waals surface area contributed by atoms with Crippen molar-refractivity contribution >= 4 is 48.4 Å². The van der Waals surface area contributed by atoms with Gasteiger partial charge in [0.2, 0.25) is 7.37 Å². The molecule has 1 atom stereocenters. The minimum atomic E-state index is -3.31. The molecule has 3 N–H and O–H groups in total. The van der Waals surface area contributed by atoms with Crippen molar-refractivity contribution in [1.29, 1.82) is 0 Å². The van der Waals surface area contributed by atoms with Crippen molar-refractivity contribution in [3.63, 3.8) is 0 Å². The monoisotopic (exact) mass is 558 g/mol. The Bertz CT molecular complexity index is 1230. The molecular weight excluding hydrogens is 534 g/mol. The van der Waals surface area contributed by atoms with Crippen molar-refractivity contribution < 1.29 is 23.7 Å². The molecule has 1 aromatic carbocycles. The lowest BCUT2D eigenvalue weighted by molar-refractivity contribution is 0.145. The second kappa shape index (κ2) is 11.7. The summed E-state index contributed by atoms with van der Waals surface area (Å²) in [5.74, 6) is 0.934. The van der Waals surface area contributed by atoms with Crippen LogP contribution in [0.2, 0.25) is 10.0 Å². The zero-order valence-corrected chi connectivity index (χ0v) is 22.5. The van der Waals surface area contributed by atoms with Crippen molar-refractivity contribution in [1.82, 2.24) is 14.5 Å². The number of hydrogen-bond donors (Lipinski definition) is 2. The molecule has 0 fully saturated rings. The van der Waals surface area contributed by atoms with Crippen molar-refractivity contribution in [3.8, 4) is 5.75 Å². The summed E-state index contributed by atoms with van der Waals surface area (Å²) in [5.41, 5.74) is 6.65. The fourth-order valence-corrected chi connectivity index (χ4v) is 5.35. The van der Waals surface area contributed by atoms with E-state index < -0.39 is 13.5 Å². The smallest absolute Gasteiger partial charge is 0.404 e. The Kier molecular flexibility index (Phi) is 9.12. The van der Waals surface area contributed by atoms with Crippen LogP contribution in [0.3, 0.4) is 0 Å². The Morgan fingerprint density at radius 2 is 1.94 bits per heavy atom. The third kappa shape index (κ3) is 8.15. The van der Waals surface area contributed by atoms with E-state index in [-0.39, 0.29) is 18.9 Å². The van der Waals surface area contributed by atoms with Crippen LogP contribution in [0.15, 0.2) is 46.5 Å². The van der Waals surface area contributed by atoms with Crippen LogP contribution in [0.4, 0.5) is 4.79 Å². The Morgan fingerprint density at radius 1 is 1.26 bits per heavy atom. The van der Waals surface area contributed by atoms with E-state index in [0.29, 0.717) is 33.9 Å². The number of carbonyl (C=O) groups is 1. The number of primary amides is 1. The van der Waals surface area contributed by atoms with Gasteiger partial charge >= 0.3 is 6.09 Å². The Labute approximate surface area is 217 Å². The molecule has 0 bridgehead atoms. The SMILES string of the molecule is CC(C)c1nc(COC(N)=O)n(Cc2ccc(OCP(C)(=O)O)cn2)c1Sc1cc(Cl)cc(Cl)c1. The van der Waals surface area contributed by atoms with Gasteiger partial charge in [-0.1, -0.05) is 48.8 Å². The third-order valence-corrected chi connectivity index (χ3v) is 6.69. The van der Waals surface area contributed by atoms with Gasteiger partial charge in [0, 0.05) is 21.6 Å². The second-order valence-electron chi connectivity index (χ2n) is 8.08. The van der Waals surface area contributed by atoms with Crippen LogP contribution in [0.25, 0.3) is 0 Å². The van der Waals surface area contributed by atoms with Gasteiger partial charge in [-0.25, -0.2) is 9.78 Å². The number of carbonyl (C=O) groups excluding carboxylic acids is 1. The van der Waals surface area contributed by atoms with Gasteiger partial charge in [-0.05, 0) is 36.2 Å². The topological polar surface area (TPSA) is 130 Å². The molecule has 1 amide bonds. The predicted molar refractivity (Wildman–Crippen MR) is 136 cm³/mol. The van der Waals surface area contributed by atoms with E-state index in [1.165, 1.54) is 24.6 Å². The first kappa shape index (κ1) is 27.4. The molecular formula is C22H25Cl2N4O5PS. The predicted octanol–water partition coefficient (Wildman–Crippen LogP) is 5.74. The molecule has 0 aliphatic carbocycles. The number of nitrogens with two attached hydrogens (primary N) is 1. The summed E-state index contributed by atoms with van der Waals surface area (Å²) in [7, 11) is -3.31. The summed E-state index contributed by atoms with van der Waals surface area (Å²) in [6.45, 7) is 5.44. The standard InChI is InChI=1S/C22H25Cl2N4O5PS/c1-13(2)20-21(35-18-7-14(23)6-15(24)8-18)28(19(27-20)11-32-22(25)29)10-16-4-5-17(9-26-16)33-12-34(3,30)31/h4-9,13H,10-12H2,1-3H3,(H2,25,29)(H,30,31). The minimum absolute atomic E-state index is 0.0627. The lowest BCUT2D eigenvalue weighted by atomic mass is 10.1. The first-order valence-electron chi connectivity index (χ1n) is 10.4. The maximum absolute atomic E-state index is 11.5. The van der Waals surface area contributed by atoms with Gasteiger partial charge in [0.05, 0.1) is 24.1 Å². The van der Waals surface area contributed by atoms with E-state index in [4.69, 9.17) is 43.4 Å². The molecule has 0 aliphatic heterocycles. The molecule has 1 unspecified atom stereocenters. The molecule has 3 aromatic rings. The van der Waals surface area contributed by atoms with Crippen LogP contribution in [0.1, 0.15) is 37.0 Å². The summed E-state index contributed by atoms with van der Waals surface area (Å²) < 4.78 is 23.7. The molecule has 13 heteroatoms. The Hall–Kier alpha value is -2.23. The molecule has 0 radical (unpaired) electrons. The van der Waals surface area contributed by atoms with Gasteiger partial charge in [-0.2, -0.15) is 0 Å². The zero-order chi connectivity index (χ0) is 25.8. The summed E-state index contributed by atoms with van der Waals surface area (Å²) in [6, 6.07) is 8.67. The molecule has 2 heterocycles. The van der Waals surface area contributed by atoms with Gasteiger partial charge in [0.15, 0.2) is 13.0 Å². The Morgan fingerprint density at radius 3 is 2.49 bits per heavy atom. The quantitative estimate of drug-likeness (QED) is 0.301. The van der Waals surface area contributed by atoms with E-state index in [9.17, 15) is 14.3 Å². The van der Waals surface area contributed by atoms with Crippen molar-refractivity contribution in [3.05, 3.63) is 63.8 Å². The van der Waals surface area contributed by atoms with Crippen LogP contribution in [0, 0.1) is 0 Å². The largest absolute Gasteiger partial charge is 0.482 e. The highest BCUT2D eigenvalue weighted by Gasteiger charge is 2.22. The maximum Gasteiger partial charge on any atom is 0.404 e. The van der Waals surface area contributed by atoms with Crippen molar-refractivity contribution in [2.75, 3.05) is 13.0 Å². The molecule has 35 heavy (non-hydrogen) atoms. The minimum Gasteiger partial charge on any atom is -0.482 e. The molecule has 0 spiro atoms. The zero-order valence-electron chi connectivity index (χ0n) is 19.3. The number of pyridine rings is 1. The first-order valence-corrected chi connectivity index (χ1v) is 14.3. The normalized spacial score (nSPS) is 13.0. The van der Waals surface area contributed by atoms with Crippen LogP contribution in [-0.4, -0.2) is 38.5 Å². The molecule has 2 aromatic heterocycles. The van der Waals surface area contributed by atoms with E-state index >= 15 is 0 Å². The average molecular weight is 559 g/mol. The lowest BCUT2D eigenvalue weighted by Crippen LogP contribution is -2.16. The lowest BCUT2D eigenvalue weighted by Gasteiger charge is -2.14. The summed E-state index contributed by atoms with van der Waals surface area (Å²) in [6.07, 6.45) is 0.275. The number of amides is 1. The highest BCUT2D eigenvalue weighted by Crippen LogP contribution is 2.38.